The first kappa shape index (κ1) is 19.9. The van der Waals surface area contributed by atoms with E-state index in [9.17, 15) is 4.79 Å². The van der Waals surface area contributed by atoms with Crippen LogP contribution in [0.5, 0.6) is 5.75 Å². The summed E-state index contributed by atoms with van der Waals surface area (Å²) in [6.45, 7) is 4.43. The van der Waals surface area contributed by atoms with E-state index in [1.54, 1.807) is 0 Å². The van der Waals surface area contributed by atoms with Crippen LogP contribution in [0.2, 0.25) is 0 Å². The third-order valence-corrected chi connectivity index (χ3v) is 5.37. The SMILES string of the molecule is CCc1ccc(NC(=O)CSc2nnc(COc3ccccc3C)n2C)cc1. The van der Waals surface area contributed by atoms with Gasteiger partial charge in [-0.05, 0) is 42.7 Å². The van der Waals surface area contributed by atoms with Crippen molar-refractivity contribution in [3.05, 3.63) is 65.5 Å². The summed E-state index contributed by atoms with van der Waals surface area (Å²) in [5, 5.41) is 11.9. The van der Waals surface area contributed by atoms with Gasteiger partial charge in [0.2, 0.25) is 5.91 Å². The second kappa shape index (κ2) is 9.41. The minimum Gasteiger partial charge on any atom is -0.485 e. The Morgan fingerprint density at radius 3 is 2.61 bits per heavy atom. The summed E-state index contributed by atoms with van der Waals surface area (Å²) in [6.07, 6.45) is 0.978. The van der Waals surface area contributed by atoms with Gasteiger partial charge in [-0.1, -0.05) is 49.0 Å². The number of hydrogen-bond acceptors (Lipinski definition) is 5. The van der Waals surface area contributed by atoms with Gasteiger partial charge in [-0.25, -0.2) is 0 Å². The number of nitrogens with zero attached hydrogens (tertiary/aromatic N) is 3. The van der Waals surface area contributed by atoms with Crippen LogP contribution in [0.25, 0.3) is 0 Å². The normalized spacial score (nSPS) is 10.7. The molecule has 0 fully saturated rings. The molecule has 3 aromatic rings. The van der Waals surface area contributed by atoms with Crippen molar-refractivity contribution in [2.24, 2.45) is 7.05 Å². The van der Waals surface area contributed by atoms with E-state index in [1.165, 1.54) is 17.3 Å². The molecule has 1 heterocycles. The van der Waals surface area contributed by atoms with Crippen LogP contribution in [0.4, 0.5) is 5.69 Å². The number of hydrogen-bond donors (Lipinski definition) is 1. The lowest BCUT2D eigenvalue weighted by Gasteiger charge is -2.09. The average Bonchev–Trinajstić information content (AvgIpc) is 3.06. The average molecular weight is 397 g/mol. The number of benzene rings is 2. The molecule has 1 amide bonds. The predicted molar refractivity (Wildman–Crippen MR) is 112 cm³/mol. The number of aromatic nitrogens is 3. The fourth-order valence-electron chi connectivity index (χ4n) is 2.61. The van der Waals surface area contributed by atoms with Crippen molar-refractivity contribution < 1.29 is 9.53 Å². The summed E-state index contributed by atoms with van der Waals surface area (Å²) in [6, 6.07) is 15.7. The number of carbonyl (C=O) groups is 1. The van der Waals surface area contributed by atoms with Crippen molar-refractivity contribution in [2.45, 2.75) is 32.0 Å². The number of anilines is 1. The maximum Gasteiger partial charge on any atom is 0.234 e. The van der Waals surface area contributed by atoms with Gasteiger partial charge in [0.15, 0.2) is 11.0 Å². The molecule has 0 bridgehead atoms. The monoisotopic (exact) mass is 396 g/mol. The van der Waals surface area contributed by atoms with Gasteiger partial charge in [0.25, 0.3) is 0 Å². The van der Waals surface area contributed by atoms with Crippen LogP contribution in [0.15, 0.2) is 53.7 Å². The topological polar surface area (TPSA) is 69.0 Å². The molecule has 0 saturated heterocycles. The molecule has 3 rings (SSSR count). The number of amides is 1. The minimum atomic E-state index is -0.0741. The second-order valence-electron chi connectivity index (χ2n) is 6.40. The van der Waals surface area contributed by atoms with Gasteiger partial charge < -0.3 is 14.6 Å². The molecule has 0 radical (unpaired) electrons. The molecule has 6 nitrogen and oxygen atoms in total. The second-order valence-corrected chi connectivity index (χ2v) is 7.34. The van der Waals surface area contributed by atoms with E-state index in [2.05, 4.69) is 22.4 Å². The number of thioether (sulfide) groups is 1. The lowest BCUT2D eigenvalue weighted by atomic mass is 10.1. The predicted octanol–water partition coefficient (Wildman–Crippen LogP) is 4.00. The minimum absolute atomic E-state index is 0.0741. The van der Waals surface area contributed by atoms with Crippen molar-refractivity contribution in [1.82, 2.24) is 14.8 Å². The van der Waals surface area contributed by atoms with Crippen LogP contribution in [0, 0.1) is 6.92 Å². The highest BCUT2D eigenvalue weighted by Gasteiger charge is 2.12. The van der Waals surface area contributed by atoms with Crippen LogP contribution in [0.1, 0.15) is 23.9 Å². The van der Waals surface area contributed by atoms with E-state index < -0.39 is 0 Å². The molecule has 146 valence electrons. The fourth-order valence-corrected chi connectivity index (χ4v) is 3.34. The first-order chi connectivity index (χ1) is 13.6. The van der Waals surface area contributed by atoms with Gasteiger partial charge in [0.05, 0.1) is 5.75 Å². The third kappa shape index (κ3) is 5.13. The summed E-state index contributed by atoms with van der Waals surface area (Å²) in [7, 11) is 1.88. The highest BCUT2D eigenvalue weighted by molar-refractivity contribution is 7.99. The molecular formula is C21H24N4O2S. The Hall–Kier alpha value is -2.80. The Labute approximate surface area is 169 Å². The number of ether oxygens (including phenoxy) is 1. The number of rotatable bonds is 8. The molecule has 0 atom stereocenters. The molecule has 0 unspecified atom stereocenters. The Morgan fingerprint density at radius 1 is 1.14 bits per heavy atom. The molecule has 1 N–H and O–H groups in total. The highest BCUT2D eigenvalue weighted by atomic mass is 32.2. The molecule has 2 aromatic carbocycles. The molecule has 0 aliphatic rings. The van der Waals surface area contributed by atoms with E-state index in [0.29, 0.717) is 17.6 Å². The highest BCUT2D eigenvalue weighted by Crippen LogP contribution is 2.20. The van der Waals surface area contributed by atoms with Crippen LogP contribution < -0.4 is 10.1 Å². The Kier molecular flexibility index (Phi) is 6.71. The maximum atomic E-state index is 12.2. The Balaban J connectivity index is 1.52. The first-order valence-corrected chi connectivity index (χ1v) is 10.1. The molecule has 7 heteroatoms. The third-order valence-electron chi connectivity index (χ3n) is 4.35. The number of para-hydroxylation sites is 1. The standard InChI is InChI=1S/C21H24N4O2S/c1-4-16-9-11-17(12-10-16)22-20(26)14-28-21-24-23-19(25(21)3)13-27-18-8-6-5-7-15(18)2/h5-12H,4,13-14H2,1-3H3,(H,22,26). The van der Waals surface area contributed by atoms with Gasteiger partial charge >= 0.3 is 0 Å². The van der Waals surface area contributed by atoms with Crippen LogP contribution >= 0.6 is 11.8 Å². The summed E-state index contributed by atoms with van der Waals surface area (Å²) >= 11 is 1.35. The number of nitrogens with one attached hydrogen (secondary N) is 1. The van der Waals surface area contributed by atoms with Crippen molar-refractivity contribution in [3.8, 4) is 5.75 Å². The first-order valence-electron chi connectivity index (χ1n) is 9.15. The fraction of sp³-hybridized carbons (Fsp3) is 0.286. The zero-order valence-electron chi connectivity index (χ0n) is 16.3. The number of carbonyl (C=O) groups excluding carboxylic acids is 1. The zero-order chi connectivity index (χ0) is 19.9. The van der Waals surface area contributed by atoms with Crippen molar-refractivity contribution in [1.29, 1.82) is 0 Å². The summed E-state index contributed by atoms with van der Waals surface area (Å²) in [5.41, 5.74) is 3.11. The molecule has 0 saturated carbocycles. The lowest BCUT2D eigenvalue weighted by molar-refractivity contribution is -0.113. The van der Waals surface area contributed by atoms with Gasteiger partial charge in [-0.2, -0.15) is 0 Å². The van der Waals surface area contributed by atoms with E-state index >= 15 is 0 Å². The molecule has 1 aromatic heterocycles. The van der Waals surface area contributed by atoms with Crippen LogP contribution in [-0.4, -0.2) is 26.4 Å². The Bertz CT molecular complexity index is 938. The van der Waals surface area contributed by atoms with Gasteiger partial charge in [-0.15, -0.1) is 10.2 Å². The van der Waals surface area contributed by atoms with Crippen molar-refractivity contribution >= 4 is 23.4 Å². The molecule has 0 aliphatic heterocycles. The summed E-state index contributed by atoms with van der Waals surface area (Å²) in [5.74, 6) is 1.73. The lowest BCUT2D eigenvalue weighted by Crippen LogP contribution is -2.14. The Morgan fingerprint density at radius 2 is 1.89 bits per heavy atom. The maximum absolute atomic E-state index is 12.2. The van der Waals surface area contributed by atoms with E-state index in [4.69, 9.17) is 4.74 Å². The van der Waals surface area contributed by atoms with Gasteiger partial charge in [-0.3, -0.25) is 4.79 Å². The summed E-state index contributed by atoms with van der Waals surface area (Å²) < 4.78 is 7.68. The molecule has 0 spiro atoms. The van der Waals surface area contributed by atoms with Crippen molar-refractivity contribution in [3.63, 3.8) is 0 Å². The van der Waals surface area contributed by atoms with E-state index in [-0.39, 0.29) is 11.7 Å². The number of aryl methyl sites for hydroxylation is 2. The van der Waals surface area contributed by atoms with Crippen LogP contribution in [0.3, 0.4) is 0 Å². The summed E-state index contributed by atoms with van der Waals surface area (Å²) in [4.78, 5) is 12.2. The van der Waals surface area contributed by atoms with Gasteiger partial charge in [0.1, 0.15) is 12.4 Å². The molecule has 28 heavy (non-hydrogen) atoms. The quantitative estimate of drug-likeness (QED) is 0.583. The van der Waals surface area contributed by atoms with Gasteiger partial charge in [0, 0.05) is 12.7 Å². The van der Waals surface area contributed by atoms with E-state index in [0.717, 1.165) is 23.4 Å². The molecule has 0 aliphatic carbocycles. The largest absolute Gasteiger partial charge is 0.485 e. The van der Waals surface area contributed by atoms with Crippen molar-refractivity contribution in [2.75, 3.05) is 11.1 Å². The molecular weight excluding hydrogens is 372 g/mol. The van der Waals surface area contributed by atoms with E-state index in [1.807, 2.05) is 67.1 Å². The zero-order valence-corrected chi connectivity index (χ0v) is 17.1. The smallest absolute Gasteiger partial charge is 0.234 e. The van der Waals surface area contributed by atoms with Crippen LogP contribution in [-0.2, 0) is 24.9 Å².